The van der Waals surface area contributed by atoms with Crippen molar-refractivity contribution < 1.29 is 25.8 Å². The third-order valence-corrected chi connectivity index (χ3v) is 7.92. The van der Waals surface area contributed by atoms with Crippen LogP contribution in [0.5, 0.6) is 0 Å². The van der Waals surface area contributed by atoms with Crippen LogP contribution in [0.4, 0.5) is 4.39 Å². The van der Waals surface area contributed by atoms with Gasteiger partial charge in [0.05, 0.1) is 5.25 Å². The van der Waals surface area contributed by atoms with Gasteiger partial charge < -0.3 is 0 Å². The van der Waals surface area contributed by atoms with Crippen molar-refractivity contribution in [1.29, 1.82) is 0 Å². The summed E-state index contributed by atoms with van der Waals surface area (Å²) in [6.45, 7) is 2.40. The van der Waals surface area contributed by atoms with E-state index in [9.17, 15) is 21.2 Å². The molecular weight excluding hydrogens is 271 g/mol. The van der Waals surface area contributed by atoms with Crippen LogP contribution in [0.1, 0.15) is 39.5 Å². The van der Waals surface area contributed by atoms with E-state index in [4.69, 9.17) is 4.55 Å². The Labute approximate surface area is 101 Å². The summed E-state index contributed by atoms with van der Waals surface area (Å²) in [5.41, 5.74) is 0. The lowest BCUT2D eigenvalue weighted by atomic mass is 10.1. The van der Waals surface area contributed by atoms with Crippen LogP contribution in [0.15, 0.2) is 0 Å². The monoisotopic (exact) mass is 288 g/mol. The molecular formula is C9H17FO5S2. The van der Waals surface area contributed by atoms with Crippen molar-refractivity contribution in [3.63, 3.8) is 0 Å². The molecule has 1 aliphatic carbocycles. The van der Waals surface area contributed by atoms with E-state index in [1.54, 1.807) is 0 Å². The van der Waals surface area contributed by atoms with E-state index in [-0.39, 0.29) is 12.8 Å². The van der Waals surface area contributed by atoms with Gasteiger partial charge in [-0.2, -0.15) is 8.42 Å². The molecule has 5 nitrogen and oxygen atoms in total. The zero-order valence-electron chi connectivity index (χ0n) is 9.76. The maximum atomic E-state index is 14.6. The van der Waals surface area contributed by atoms with Crippen LogP contribution in [0, 0.1) is 5.92 Å². The minimum absolute atomic E-state index is 0.155. The normalized spacial score (nSPS) is 22.9. The first-order chi connectivity index (χ1) is 7.55. The van der Waals surface area contributed by atoms with E-state index in [0.29, 0.717) is 12.8 Å². The van der Waals surface area contributed by atoms with Gasteiger partial charge in [-0.3, -0.25) is 4.55 Å². The van der Waals surface area contributed by atoms with Crippen LogP contribution < -0.4 is 0 Å². The number of hydrogen-bond acceptors (Lipinski definition) is 4. The summed E-state index contributed by atoms with van der Waals surface area (Å²) in [5.74, 6) is -1.18. The van der Waals surface area contributed by atoms with Crippen LogP contribution in [-0.2, 0) is 20.0 Å². The number of rotatable bonds is 4. The molecule has 1 fully saturated rings. The molecule has 0 spiro atoms. The number of hydrogen-bond donors (Lipinski definition) is 1. The molecule has 0 amide bonds. The molecule has 1 rings (SSSR count). The van der Waals surface area contributed by atoms with Crippen molar-refractivity contribution >= 4 is 20.0 Å². The molecule has 1 N–H and O–H groups in total. The van der Waals surface area contributed by atoms with Gasteiger partial charge in [-0.15, -0.1) is 0 Å². The molecule has 0 bridgehead atoms. The van der Waals surface area contributed by atoms with Gasteiger partial charge in [-0.05, 0) is 26.7 Å². The highest BCUT2D eigenvalue weighted by Crippen LogP contribution is 2.44. The molecule has 0 saturated heterocycles. The van der Waals surface area contributed by atoms with E-state index >= 15 is 0 Å². The first-order valence-electron chi connectivity index (χ1n) is 5.44. The van der Waals surface area contributed by atoms with Crippen LogP contribution >= 0.6 is 0 Å². The SMILES string of the molecule is CC(C)S(=O)(=O)C(F)(C1CCCC1)S(=O)(=O)O. The molecule has 0 aliphatic heterocycles. The van der Waals surface area contributed by atoms with Crippen LogP contribution in [0.2, 0.25) is 0 Å². The average molecular weight is 288 g/mol. The minimum atomic E-state index is -5.31. The van der Waals surface area contributed by atoms with Gasteiger partial charge in [0.25, 0.3) is 0 Å². The summed E-state index contributed by atoms with van der Waals surface area (Å²) in [6.07, 6.45) is 1.45. The first-order valence-corrected chi connectivity index (χ1v) is 8.43. The summed E-state index contributed by atoms with van der Waals surface area (Å²) < 4.78 is 66.2. The number of alkyl halides is 1. The highest BCUT2D eigenvalue weighted by Gasteiger charge is 2.62. The molecule has 0 aromatic carbocycles. The average Bonchev–Trinajstić information content (AvgIpc) is 2.66. The summed E-state index contributed by atoms with van der Waals surface area (Å²) in [6, 6.07) is 0. The van der Waals surface area contributed by atoms with Crippen molar-refractivity contribution in [3.05, 3.63) is 0 Å². The van der Waals surface area contributed by atoms with Crippen molar-refractivity contribution in [2.75, 3.05) is 0 Å². The first kappa shape index (κ1) is 14.8. The van der Waals surface area contributed by atoms with Crippen LogP contribution in [-0.4, -0.2) is 31.0 Å². The second kappa shape index (κ2) is 4.47. The van der Waals surface area contributed by atoms with Gasteiger partial charge in [-0.25, -0.2) is 12.8 Å². The Hall–Kier alpha value is -0.210. The van der Waals surface area contributed by atoms with Gasteiger partial charge in [0.1, 0.15) is 0 Å². The second-order valence-corrected chi connectivity index (χ2v) is 9.06. The number of halogens is 1. The highest BCUT2D eigenvalue weighted by atomic mass is 32.3. The van der Waals surface area contributed by atoms with Crippen molar-refractivity contribution in [3.8, 4) is 0 Å². The quantitative estimate of drug-likeness (QED) is 0.792. The van der Waals surface area contributed by atoms with Gasteiger partial charge in [-0.1, -0.05) is 12.8 Å². The van der Waals surface area contributed by atoms with Gasteiger partial charge in [0.15, 0.2) is 0 Å². The number of sulfone groups is 1. The van der Waals surface area contributed by atoms with Crippen molar-refractivity contribution in [2.24, 2.45) is 5.92 Å². The van der Waals surface area contributed by atoms with Crippen LogP contribution in [0.25, 0.3) is 0 Å². The van der Waals surface area contributed by atoms with E-state index in [1.165, 1.54) is 13.8 Å². The van der Waals surface area contributed by atoms with E-state index in [1.807, 2.05) is 0 Å². The molecule has 1 atom stereocenters. The largest absolute Gasteiger partial charge is 0.336 e. The lowest BCUT2D eigenvalue weighted by Gasteiger charge is -2.29. The van der Waals surface area contributed by atoms with E-state index in [2.05, 4.69) is 0 Å². The molecule has 0 radical (unpaired) electrons. The van der Waals surface area contributed by atoms with Gasteiger partial charge in [0, 0.05) is 5.92 Å². The third-order valence-electron chi connectivity index (χ3n) is 3.20. The van der Waals surface area contributed by atoms with E-state index in [0.717, 1.165) is 0 Å². The van der Waals surface area contributed by atoms with E-state index < -0.39 is 35.5 Å². The summed E-state index contributed by atoms with van der Waals surface area (Å²) in [4.78, 5) is 0. The molecule has 0 aromatic heterocycles. The molecule has 17 heavy (non-hydrogen) atoms. The predicted molar refractivity (Wildman–Crippen MR) is 61.4 cm³/mol. The van der Waals surface area contributed by atoms with Gasteiger partial charge >= 0.3 is 14.5 Å². The highest BCUT2D eigenvalue weighted by molar-refractivity contribution is 8.08. The second-order valence-electron chi connectivity index (χ2n) is 4.63. The fourth-order valence-corrected chi connectivity index (χ4v) is 5.93. The van der Waals surface area contributed by atoms with Crippen LogP contribution in [0.3, 0.4) is 0 Å². The summed E-state index contributed by atoms with van der Waals surface area (Å²) in [5, 5.41) is -1.20. The molecule has 102 valence electrons. The smallest absolute Gasteiger partial charge is 0.282 e. The Balaban J connectivity index is 3.40. The Morgan fingerprint density at radius 2 is 1.59 bits per heavy atom. The lowest BCUT2D eigenvalue weighted by molar-refractivity contribution is 0.238. The zero-order chi connectivity index (χ0) is 13.5. The molecule has 0 aromatic rings. The predicted octanol–water partition coefficient (Wildman–Crippen LogP) is 1.51. The molecule has 1 aliphatic rings. The zero-order valence-corrected chi connectivity index (χ0v) is 11.4. The van der Waals surface area contributed by atoms with Crippen molar-refractivity contribution in [2.45, 2.75) is 49.1 Å². The summed E-state index contributed by atoms with van der Waals surface area (Å²) >= 11 is 0. The fraction of sp³-hybridized carbons (Fsp3) is 1.00. The lowest BCUT2D eigenvalue weighted by Crippen LogP contribution is -2.50. The Kier molecular flexibility index (Phi) is 3.91. The molecule has 1 unspecified atom stereocenters. The minimum Gasteiger partial charge on any atom is -0.282 e. The van der Waals surface area contributed by atoms with Crippen molar-refractivity contribution in [1.82, 2.24) is 0 Å². The standard InChI is InChI=1S/C9H17FO5S2/c1-7(2)16(11,12)9(10,17(13,14)15)8-5-3-4-6-8/h7-8H,3-6H2,1-2H3,(H,13,14,15). The topological polar surface area (TPSA) is 88.5 Å². The Morgan fingerprint density at radius 3 is 1.88 bits per heavy atom. The molecule has 1 saturated carbocycles. The third kappa shape index (κ3) is 2.22. The Morgan fingerprint density at radius 1 is 1.18 bits per heavy atom. The fourth-order valence-electron chi connectivity index (χ4n) is 2.18. The molecule has 0 heterocycles. The maximum Gasteiger partial charge on any atom is 0.336 e. The molecule has 8 heteroatoms. The maximum absolute atomic E-state index is 14.6. The Bertz CT molecular complexity index is 476. The summed E-state index contributed by atoms with van der Waals surface area (Å²) in [7, 11) is -9.89. The van der Waals surface area contributed by atoms with Gasteiger partial charge in [0.2, 0.25) is 9.84 Å².